The van der Waals surface area contributed by atoms with Crippen molar-refractivity contribution in [2.45, 2.75) is 12.3 Å². The van der Waals surface area contributed by atoms with Gasteiger partial charge in [-0.05, 0) is 18.6 Å². The summed E-state index contributed by atoms with van der Waals surface area (Å²) in [5.74, 6) is 0. The van der Waals surface area contributed by atoms with Gasteiger partial charge in [-0.3, -0.25) is 0 Å². The van der Waals surface area contributed by atoms with E-state index in [0.717, 1.165) is 32.8 Å². The molecule has 0 saturated carbocycles. The van der Waals surface area contributed by atoms with Gasteiger partial charge in [-0.2, -0.15) is 0 Å². The van der Waals surface area contributed by atoms with Crippen molar-refractivity contribution in [3.8, 4) is 0 Å². The Balaban J connectivity index is 2.50. The maximum Gasteiger partial charge on any atom is 0.336 e. The van der Waals surface area contributed by atoms with Crippen molar-refractivity contribution in [3.63, 3.8) is 0 Å². The minimum Gasteiger partial charge on any atom is -0.464 e. The van der Waals surface area contributed by atoms with Gasteiger partial charge in [0.2, 0.25) is 0 Å². The zero-order valence-corrected chi connectivity index (χ0v) is 10.7. The molecule has 3 rings (SSSR count). The Labute approximate surface area is 105 Å². The molecular formula is C13H9BrO3. The van der Waals surface area contributed by atoms with E-state index in [1.54, 1.807) is 12.3 Å². The van der Waals surface area contributed by atoms with Gasteiger partial charge < -0.3 is 8.83 Å². The van der Waals surface area contributed by atoms with Crippen molar-refractivity contribution < 1.29 is 8.83 Å². The third-order valence-electron chi connectivity index (χ3n) is 2.87. The maximum atomic E-state index is 11.3. The number of alkyl halides is 1. The molecule has 17 heavy (non-hydrogen) atoms. The molecule has 0 saturated heterocycles. The predicted molar refractivity (Wildman–Crippen MR) is 69.6 cm³/mol. The predicted octanol–water partition coefficient (Wildman–Crippen LogP) is 3.74. The first-order valence-electron chi connectivity index (χ1n) is 5.19. The average molecular weight is 293 g/mol. The van der Waals surface area contributed by atoms with Crippen LogP contribution in [0.15, 0.2) is 38.1 Å². The lowest BCUT2D eigenvalue weighted by molar-refractivity contribution is 0.558. The van der Waals surface area contributed by atoms with Gasteiger partial charge in [0.15, 0.2) is 0 Å². The molecule has 0 unspecified atom stereocenters. The standard InChI is InChI=1S/C13H9BrO3/c1-7-2-13(15)17-12-4-11-10(3-9(7)12)8(5-14)6-16-11/h2-4,6H,5H2,1H3. The number of fused-ring (bicyclic) bond motifs is 2. The van der Waals surface area contributed by atoms with Crippen LogP contribution in [0.2, 0.25) is 0 Å². The second-order valence-corrected chi connectivity index (χ2v) is 4.55. The number of hydrogen-bond donors (Lipinski definition) is 0. The highest BCUT2D eigenvalue weighted by Crippen LogP contribution is 2.28. The van der Waals surface area contributed by atoms with Crippen molar-refractivity contribution in [1.29, 1.82) is 0 Å². The maximum absolute atomic E-state index is 11.3. The molecule has 0 fully saturated rings. The van der Waals surface area contributed by atoms with Crippen molar-refractivity contribution in [2.75, 3.05) is 0 Å². The summed E-state index contributed by atoms with van der Waals surface area (Å²) in [6.45, 7) is 1.90. The molecule has 0 aliphatic rings. The van der Waals surface area contributed by atoms with Gasteiger partial charge in [0.1, 0.15) is 11.2 Å². The number of aryl methyl sites for hydroxylation is 1. The Hall–Kier alpha value is -1.55. The minimum atomic E-state index is -0.332. The fourth-order valence-corrected chi connectivity index (χ4v) is 2.43. The molecule has 0 bridgehead atoms. The molecule has 4 heteroatoms. The molecule has 0 atom stereocenters. The lowest BCUT2D eigenvalue weighted by Gasteiger charge is -2.00. The van der Waals surface area contributed by atoms with E-state index in [0.29, 0.717) is 5.58 Å². The molecule has 0 aliphatic heterocycles. The summed E-state index contributed by atoms with van der Waals surface area (Å²) < 4.78 is 10.6. The third-order valence-corrected chi connectivity index (χ3v) is 3.47. The van der Waals surface area contributed by atoms with E-state index in [9.17, 15) is 4.79 Å². The summed E-state index contributed by atoms with van der Waals surface area (Å²) >= 11 is 3.42. The van der Waals surface area contributed by atoms with Gasteiger partial charge in [-0.15, -0.1) is 0 Å². The van der Waals surface area contributed by atoms with Crippen LogP contribution >= 0.6 is 15.9 Å². The first kappa shape index (κ1) is 10.6. The third kappa shape index (κ3) is 1.60. The smallest absolute Gasteiger partial charge is 0.336 e. The Morgan fingerprint density at radius 1 is 1.18 bits per heavy atom. The van der Waals surface area contributed by atoms with E-state index in [2.05, 4.69) is 15.9 Å². The summed E-state index contributed by atoms with van der Waals surface area (Å²) in [4.78, 5) is 11.3. The summed E-state index contributed by atoms with van der Waals surface area (Å²) in [6, 6.07) is 5.27. The fraction of sp³-hybridized carbons (Fsp3) is 0.154. The van der Waals surface area contributed by atoms with E-state index in [-0.39, 0.29) is 5.63 Å². The van der Waals surface area contributed by atoms with Gasteiger partial charge >= 0.3 is 5.63 Å². The Kier molecular flexibility index (Phi) is 2.33. The molecule has 3 aromatic rings. The van der Waals surface area contributed by atoms with Crippen molar-refractivity contribution in [3.05, 3.63) is 46.0 Å². The summed E-state index contributed by atoms with van der Waals surface area (Å²) in [7, 11) is 0. The lowest BCUT2D eigenvalue weighted by atomic mass is 10.1. The average Bonchev–Trinajstić information content (AvgIpc) is 2.68. The fourth-order valence-electron chi connectivity index (χ4n) is 2.00. The number of benzene rings is 1. The van der Waals surface area contributed by atoms with Crippen LogP contribution in [0.1, 0.15) is 11.1 Å². The van der Waals surface area contributed by atoms with Crippen LogP contribution < -0.4 is 5.63 Å². The molecule has 2 aromatic heterocycles. The molecule has 0 spiro atoms. The number of furan rings is 1. The molecule has 0 amide bonds. The van der Waals surface area contributed by atoms with Crippen molar-refractivity contribution >= 4 is 37.9 Å². The molecule has 1 aromatic carbocycles. The second-order valence-electron chi connectivity index (χ2n) is 3.99. The van der Waals surface area contributed by atoms with Crippen molar-refractivity contribution in [1.82, 2.24) is 0 Å². The van der Waals surface area contributed by atoms with Crippen LogP contribution in [0.25, 0.3) is 21.9 Å². The number of halogens is 1. The molecule has 0 aliphatic carbocycles. The molecule has 3 nitrogen and oxygen atoms in total. The molecule has 0 radical (unpaired) electrons. The van der Waals surface area contributed by atoms with Gasteiger partial charge in [-0.25, -0.2) is 4.79 Å². The Bertz CT molecular complexity index is 767. The molecule has 86 valence electrons. The first-order chi connectivity index (χ1) is 8.19. The van der Waals surface area contributed by atoms with Gasteiger partial charge in [-0.1, -0.05) is 15.9 Å². The minimum absolute atomic E-state index is 0.332. The van der Waals surface area contributed by atoms with E-state index < -0.39 is 0 Å². The van der Waals surface area contributed by atoms with E-state index >= 15 is 0 Å². The van der Waals surface area contributed by atoms with Gasteiger partial charge in [0.25, 0.3) is 0 Å². The van der Waals surface area contributed by atoms with Crippen LogP contribution in [0.4, 0.5) is 0 Å². The Morgan fingerprint density at radius 3 is 2.76 bits per heavy atom. The van der Waals surface area contributed by atoms with E-state index in [1.807, 2.05) is 13.0 Å². The zero-order valence-electron chi connectivity index (χ0n) is 9.12. The highest BCUT2D eigenvalue weighted by Gasteiger charge is 2.09. The first-order valence-corrected chi connectivity index (χ1v) is 6.32. The van der Waals surface area contributed by atoms with Crippen LogP contribution in [0, 0.1) is 6.92 Å². The summed E-state index contributed by atoms with van der Waals surface area (Å²) in [5, 5.41) is 2.73. The summed E-state index contributed by atoms with van der Waals surface area (Å²) in [6.07, 6.45) is 1.71. The van der Waals surface area contributed by atoms with Crippen molar-refractivity contribution in [2.24, 2.45) is 0 Å². The van der Waals surface area contributed by atoms with E-state index in [1.165, 1.54) is 6.07 Å². The highest BCUT2D eigenvalue weighted by atomic mass is 79.9. The number of hydrogen-bond acceptors (Lipinski definition) is 3. The molecule has 2 heterocycles. The summed E-state index contributed by atoms with van der Waals surface area (Å²) in [5.41, 5.74) is 2.98. The van der Waals surface area contributed by atoms with E-state index in [4.69, 9.17) is 8.83 Å². The van der Waals surface area contributed by atoms with Gasteiger partial charge in [0.05, 0.1) is 6.26 Å². The molecule has 0 N–H and O–H groups in total. The van der Waals surface area contributed by atoms with Crippen LogP contribution in [-0.2, 0) is 5.33 Å². The quantitative estimate of drug-likeness (QED) is 0.507. The lowest BCUT2D eigenvalue weighted by Crippen LogP contribution is -1.97. The van der Waals surface area contributed by atoms with Crippen LogP contribution in [-0.4, -0.2) is 0 Å². The topological polar surface area (TPSA) is 43.4 Å². The second kappa shape index (κ2) is 3.74. The molecular weight excluding hydrogens is 284 g/mol. The van der Waals surface area contributed by atoms with Crippen LogP contribution in [0.3, 0.4) is 0 Å². The Morgan fingerprint density at radius 2 is 2.00 bits per heavy atom. The normalized spacial score (nSPS) is 11.4. The monoisotopic (exact) mass is 292 g/mol. The van der Waals surface area contributed by atoms with Gasteiger partial charge in [0, 0.05) is 33.8 Å². The van der Waals surface area contributed by atoms with Crippen LogP contribution in [0.5, 0.6) is 0 Å². The SMILES string of the molecule is Cc1cc(=O)oc2cc3occ(CBr)c3cc12. The zero-order chi connectivity index (χ0) is 12.0. The largest absolute Gasteiger partial charge is 0.464 e. The number of rotatable bonds is 1. The highest BCUT2D eigenvalue weighted by molar-refractivity contribution is 9.08.